The molecule has 30 heavy (non-hydrogen) atoms. The van der Waals surface area contributed by atoms with Gasteiger partial charge in [-0.2, -0.15) is 5.10 Å². The van der Waals surface area contributed by atoms with Crippen molar-refractivity contribution < 1.29 is 4.79 Å². The number of carbonyl (C=O) groups excluding carboxylic acids is 1. The number of hydrogen-bond donors (Lipinski definition) is 1. The predicted octanol–water partition coefficient (Wildman–Crippen LogP) is 5.20. The minimum absolute atomic E-state index is 0.188. The number of carbonyl (C=O) groups is 1. The van der Waals surface area contributed by atoms with Crippen LogP contribution in [-0.4, -0.2) is 20.7 Å². The van der Waals surface area contributed by atoms with E-state index in [1.807, 2.05) is 85.4 Å². The average Bonchev–Trinajstić information content (AvgIpc) is 3.20. The number of pyridine rings is 1. The number of amides is 1. The molecule has 0 saturated heterocycles. The highest BCUT2D eigenvalue weighted by Crippen LogP contribution is 2.24. The second kappa shape index (κ2) is 8.57. The topological polar surface area (TPSA) is 59.8 Å². The lowest BCUT2D eigenvalue weighted by atomic mass is 10.1. The van der Waals surface area contributed by atoms with E-state index >= 15 is 0 Å². The van der Waals surface area contributed by atoms with Gasteiger partial charge in [-0.15, -0.1) is 0 Å². The van der Waals surface area contributed by atoms with Crippen LogP contribution < -0.4 is 5.32 Å². The van der Waals surface area contributed by atoms with E-state index in [0.29, 0.717) is 0 Å². The summed E-state index contributed by atoms with van der Waals surface area (Å²) in [6.45, 7) is 4.01. The first kappa shape index (κ1) is 19.3. The number of para-hydroxylation sites is 1. The fourth-order valence-corrected chi connectivity index (χ4v) is 3.24. The summed E-state index contributed by atoms with van der Waals surface area (Å²) in [4.78, 5) is 16.7. The molecule has 0 bridgehead atoms. The molecule has 5 nitrogen and oxygen atoms in total. The number of aromatic nitrogens is 3. The first-order valence-electron chi connectivity index (χ1n) is 9.72. The van der Waals surface area contributed by atoms with Crippen LogP contribution >= 0.6 is 0 Å². The highest BCUT2D eigenvalue weighted by Gasteiger charge is 2.11. The van der Waals surface area contributed by atoms with Crippen LogP contribution in [0.4, 0.5) is 5.69 Å². The molecule has 4 aromatic rings. The van der Waals surface area contributed by atoms with Crippen molar-refractivity contribution in [2.75, 3.05) is 5.32 Å². The van der Waals surface area contributed by atoms with E-state index in [9.17, 15) is 4.79 Å². The molecule has 2 aromatic carbocycles. The molecule has 5 heteroatoms. The zero-order valence-electron chi connectivity index (χ0n) is 16.9. The van der Waals surface area contributed by atoms with Crippen LogP contribution in [-0.2, 0) is 4.79 Å². The van der Waals surface area contributed by atoms with Crippen LogP contribution in [0.3, 0.4) is 0 Å². The van der Waals surface area contributed by atoms with Crippen LogP contribution in [0, 0.1) is 13.8 Å². The van der Waals surface area contributed by atoms with Crippen molar-refractivity contribution in [2.45, 2.75) is 13.8 Å². The first-order valence-corrected chi connectivity index (χ1v) is 9.72. The third-order valence-corrected chi connectivity index (χ3v) is 4.75. The molecule has 4 rings (SSSR count). The summed E-state index contributed by atoms with van der Waals surface area (Å²) in [6.07, 6.45) is 8.73. The van der Waals surface area contributed by atoms with Gasteiger partial charge in [0.15, 0.2) is 0 Å². The Balaban J connectivity index is 1.63. The van der Waals surface area contributed by atoms with Crippen LogP contribution in [0.5, 0.6) is 0 Å². The van der Waals surface area contributed by atoms with Crippen LogP contribution in [0.1, 0.15) is 16.7 Å². The summed E-state index contributed by atoms with van der Waals surface area (Å²) in [7, 11) is 0. The second-order valence-corrected chi connectivity index (χ2v) is 7.10. The lowest BCUT2D eigenvalue weighted by Crippen LogP contribution is -2.08. The van der Waals surface area contributed by atoms with Crippen LogP contribution in [0.15, 0.2) is 85.3 Å². The van der Waals surface area contributed by atoms with Gasteiger partial charge in [-0.1, -0.05) is 35.9 Å². The summed E-state index contributed by atoms with van der Waals surface area (Å²) in [6, 6.07) is 19.6. The van der Waals surface area contributed by atoms with Crippen LogP contribution in [0.25, 0.3) is 23.0 Å². The monoisotopic (exact) mass is 394 g/mol. The third-order valence-electron chi connectivity index (χ3n) is 4.75. The number of benzene rings is 2. The molecule has 0 aliphatic heterocycles. The van der Waals surface area contributed by atoms with Crippen LogP contribution in [0.2, 0.25) is 0 Å². The summed E-state index contributed by atoms with van der Waals surface area (Å²) in [5.41, 5.74) is 6.44. The smallest absolute Gasteiger partial charge is 0.248 e. The van der Waals surface area contributed by atoms with Gasteiger partial charge in [0.05, 0.1) is 5.69 Å². The quantitative estimate of drug-likeness (QED) is 0.473. The van der Waals surface area contributed by atoms with E-state index in [1.54, 1.807) is 18.5 Å². The molecule has 0 fully saturated rings. The molecule has 2 heterocycles. The van der Waals surface area contributed by atoms with Crippen molar-refractivity contribution in [3.8, 4) is 16.9 Å². The molecule has 0 aliphatic carbocycles. The van der Waals surface area contributed by atoms with Gasteiger partial charge in [-0.25, -0.2) is 4.68 Å². The fourth-order valence-electron chi connectivity index (χ4n) is 3.24. The molecule has 0 radical (unpaired) electrons. The summed E-state index contributed by atoms with van der Waals surface area (Å²) in [5.74, 6) is -0.188. The van der Waals surface area contributed by atoms with Gasteiger partial charge in [0.1, 0.15) is 5.69 Å². The Bertz CT molecular complexity index is 1190. The van der Waals surface area contributed by atoms with Crippen molar-refractivity contribution in [1.82, 2.24) is 14.8 Å². The Labute approximate surface area is 175 Å². The Hall–Kier alpha value is -3.99. The second-order valence-electron chi connectivity index (χ2n) is 7.10. The lowest BCUT2D eigenvalue weighted by Gasteiger charge is -2.07. The van der Waals surface area contributed by atoms with Gasteiger partial charge in [-0.3, -0.25) is 9.78 Å². The zero-order chi connectivity index (χ0) is 20.9. The standard InChI is InChI=1S/C25H22N4O/c1-18-10-12-23(19(2)15-18)27-24(30)13-11-21-17-29(22-8-4-3-5-9-22)28-25(21)20-7-6-14-26-16-20/h3-17H,1-2H3,(H,27,30)/b13-11+. The number of hydrogen-bond acceptors (Lipinski definition) is 3. The van der Waals surface area contributed by atoms with Gasteiger partial charge in [0.2, 0.25) is 5.91 Å². The first-order chi connectivity index (χ1) is 14.6. The highest BCUT2D eigenvalue weighted by atomic mass is 16.1. The Morgan fingerprint density at radius 3 is 2.60 bits per heavy atom. The van der Waals surface area contributed by atoms with Crippen molar-refractivity contribution in [3.63, 3.8) is 0 Å². The van der Waals surface area contributed by atoms with Crippen molar-refractivity contribution in [3.05, 3.63) is 102 Å². The Morgan fingerprint density at radius 2 is 1.87 bits per heavy atom. The van der Waals surface area contributed by atoms with Crippen molar-refractivity contribution in [2.24, 2.45) is 0 Å². The molecule has 2 aromatic heterocycles. The van der Waals surface area contributed by atoms with E-state index in [-0.39, 0.29) is 5.91 Å². The maximum atomic E-state index is 12.5. The minimum atomic E-state index is -0.188. The van der Waals surface area contributed by atoms with Gasteiger partial charge < -0.3 is 5.32 Å². The van der Waals surface area contributed by atoms with Gasteiger partial charge in [0.25, 0.3) is 0 Å². The van der Waals surface area contributed by atoms with Gasteiger partial charge in [-0.05, 0) is 55.8 Å². The number of anilines is 1. The van der Waals surface area contributed by atoms with Crippen molar-refractivity contribution in [1.29, 1.82) is 0 Å². The fraction of sp³-hybridized carbons (Fsp3) is 0.0800. The SMILES string of the molecule is Cc1ccc(NC(=O)/C=C/c2cn(-c3ccccc3)nc2-c2cccnc2)c(C)c1. The average molecular weight is 394 g/mol. The zero-order valence-corrected chi connectivity index (χ0v) is 16.9. The molecule has 0 unspecified atom stereocenters. The molecule has 1 N–H and O–H groups in total. The van der Waals surface area contributed by atoms with Crippen molar-refractivity contribution >= 4 is 17.7 Å². The van der Waals surface area contributed by atoms with Gasteiger partial charge >= 0.3 is 0 Å². The highest BCUT2D eigenvalue weighted by molar-refractivity contribution is 6.02. The molecular formula is C25H22N4O. The molecule has 148 valence electrons. The molecule has 0 atom stereocenters. The Morgan fingerprint density at radius 1 is 1.03 bits per heavy atom. The van der Waals surface area contributed by atoms with E-state index < -0.39 is 0 Å². The Kier molecular flexibility index (Phi) is 5.52. The minimum Gasteiger partial charge on any atom is -0.322 e. The van der Waals surface area contributed by atoms with Gasteiger partial charge in [0, 0.05) is 41.5 Å². The number of rotatable bonds is 5. The molecule has 0 aliphatic rings. The molecule has 0 spiro atoms. The number of nitrogens with zero attached hydrogens (tertiary/aromatic N) is 3. The normalized spacial score (nSPS) is 11.0. The lowest BCUT2D eigenvalue weighted by molar-refractivity contribution is -0.111. The molecule has 1 amide bonds. The summed E-state index contributed by atoms with van der Waals surface area (Å²) < 4.78 is 1.81. The van der Waals surface area contributed by atoms with E-state index in [4.69, 9.17) is 5.10 Å². The maximum absolute atomic E-state index is 12.5. The largest absolute Gasteiger partial charge is 0.322 e. The third kappa shape index (κ3) is 4.36. The molecule has 0 saturated carbocycles. The maximum Gasteiger partial charge on any atom is 0.248 e. The molecular weight excluding hydrogens is 372 g/mol. The van der Waals surface area contributed by atoms with E-state index in [0.717, 1.165) is 39.3 Å². The summed E-state index contributed by atoms with van der Waals surface area (Å²) >= 11 is 0. The number of nitrogens with one attached hydrogen (secondary N) is 1. The summed E-state index contributed by atoms with van der Waals surface area (Å²) in [5, 5.41) is 7.67. The van der Waals surface area contributed by atoms with E-state index in [1.165, 1.54) is 6.08 Å². The number of aryl methyl sites for hydroxylation is 2. The van der Waals surface area contributed by atoms with E-state index in [2.05, 4.69) is 10.3 Å². The predicted molar refractivity (Wildman–Crippen MR) is 120 cm³/mol.